The van der Waals surface area contributed by atoms with Crippen molar-refractivity contribution < 1.29 is 4.74 Å². The Morgan fingerprint density at radius 3 is 2.97 bits per heavy atom. The maximum Gasteiger partial charge on any atom is 0.193 e. The van der Waals surface area contributed by atoms with Gasteiger partial charge in [0.25, 0.3) is 0 Å². The van der Waals surface area contributed by atoms with Crippen molar-refractivity contribution in [2.24, 2.45) is 4.99 Å². The van der Waals surface area contributed by atoms with Gasteiger partial charge in [-0.15, -0.1) is 35.3 Å². The maximum atomic E-state index is 6.06. The molecule has 7 heteroatoms. The summed E-state index contributed by atoms with van der Waals surface area (Å²) in [4.78, 5) is 11.0. The lowest BCUT2D eigenvalue weighted by Crippen LogP contribution is -2.49. The van der Waals surface area contributed by atoms with Gasteiger partial charge < -0.3 is 15.0 Å². The molecule has 0 spiro atoms. The quantitative estimate of drug-likeness (QED) is 0.375. The number of ether oxygens (including phenoxy) is 1. The zero-order chi connectivity index (χ0) is 19.3. The molecular formula is C22H31IN4OS. The first-order valence-corrected chi connectivity index (χ1v) is 11.0. The number of halogens is 1. The number of benzene rings is 1. The highest BCUT2D eigenvalue weighted by Gasteiger charge is 2.25. The molecule has 1 aromatic heterocycles. The highest BCUT2D eigenvalue weighted by molar-refractivity contribution is 14.0. The number of hydrogen-bond acceptors (Lipinski definition) is 4. The van der Waals surface area contributed by atoms with Gasteiger partial charge in [-0.05, 0) is 41.5 Å². The lowest BCUT2D eigenvalue weighted by molar-refractivity contribution is -0.00834. The minimum atomic E-state index is 0. The molecule has 1 unspecified atom stereocenters. The fourth-order valence-corrected chi connectivity index (χ4v) is 5.02. The zero-order valence-electron chi connectivity index (χ0n) is 17.3. The van der Waals surface area contributed by atoms with Crippen molar-refractivity contribution in [3.8, 4) is 0 Å². The van der Waals surface area contributed by atoms with Crippen molar-refractivity contribution >= 4 is 41.3 Å². The van der Waals surface area contributed by atoms with Crippen molar-refractivity contribution in [1.82, 2.24) is 15.1 Å². The average molecular weight is 526 g/mol. The molecule has 4 rings (SSSR count). The number of nitrogens with one attached hydrogen (secondary N) is 1. The Balaban J connectivity index is 0.00000240. The molecule has 0 saturated carbocycles. The van der Waals surface area contributed by atoms with Crippen LogP contribution in [0.1, 0.15) is 27.7 Å². The predicted octanol–water partition coefficient (Wildman–Crippen LogP) is 3.68. The molecule has 0 radical (unpaired) electrons. The first-order valence-electron chi connectivity index (χ1n) is 10.1. The smallest absolute Gasteiger partial charge is 0.193 e. The zero-order valence-corrected chi connectivity index (χ0v) is 20.4. The van der Waals surface area contributed by atoms with E-state index >= 15 is 0 Å². The van der Waals surface area contributed by atoms with Crippen LogP contribution in [0.25, 0.3) is 0 Å². The molecule has 29 heavy (non-hydrogen) atoms. The number of guanidine groups is 1. The molecular weight excluding hydrogens is 495 g/mol. The normalized spacial score (nSPS) is 20.1. The molecule has 2 aliphatic rings. The standard InChI is InChI=1S/C22H30N4OS.HI/c1-17-5-3-4-6-19(17)20-16-26(12-13-27-20)22(23-2)24-9-11-25-10-7-21-18(15-25)8-14-28-21;/h3-6,8,14,20H,7,9-13,15-16H2,1-2H3,(H,23,24);1H. The van der Waals surface area contributed by atoms with Crippen molar-refractivity contribution in [3.05, 3.63) is 57.3 Å². The van der Waals surface area contributed by atoms with Crippen LogP contribution in [0.4, 0.5) is 0 Å². The van der Waals surface area contributed by atoms with Gasteiger partial charge >= 0.3 is 0 Å². The minimum Gasteiger partial charge on any atom is -0.370 e. The Bertz CT molecular complexity index is 825. The largest absolute Gasteiger partial charge is 0.370 e. The van der Waals surface area contributed by atoms with Gasteiger partial charge in [0, 0.05) is 44.6 Å². The second-order valence-electron chi connectivity index (χ2n) is 7.53. The van der Waals surface area contributed by atoms with Crippen molar-refractivity contribution in [2.75, 3.05) is 46.4 Å². The van der Waals surface area contributed by atoms with E-state index in [4.69, 9.17) is 4.74 Å². The number of morpholine rings is 1. The first-order chi connectivity index (χ1) is 13.7. The molecule has 0 aliphatic carbocycles. The molecule has 1 atom stereocenters. The lowest BCUT2D eigenvalue weighted by Gasteiger charge is -2.36. The number of nitrogens with zero attached hydrogens (tertiary/aromatic N) is 3. The summed E-state index contributed by atoms with van der Waals surface area (Å²) in [7, 11) is 1.87. The van der Waals surface area contributed by atoms with Crippen LogP contribution in [0.2, 0.25) is 0 Å². The van der Waals surface area contributed by atoms with Gasteiger partial charge in [-0.2, -0.15) is 0 Å². The van der Waals surface area contributed by atoms with E-state index in [-0.39, 0.29) is 30.1 Å². The first kappa shape index (κ1) is 22.5. The van der Waals surface area contributed by atoms with Gasteiger partial charge in [0.1, 0.15) is 6.10 Å². The maximum absolute atomic E-state index is 6.06. The molecule has 1 aromatic carbocycles. The molecule has 0 bridgehead atoms. The number of thiophene rings is 1. The Kier molecular flexibility index (Phi) is 8.35. The Morgan fingerprint density at radius 2 is 2.14 bits per heavy atom. The summed E-state index contributed by atoms with van der Waals surface area (Å²) >= 11 is 1.90. The summed E-state index contributed by atoms with van der Waals surface area (Å²) in [6.07, 6.45) is 1.29. The van der Waals surface area contributed by atoms with Crippen molar-refractivity contribution in [1.29, 1.82) is 0 Å². The van der Waals surface area contributed by atoms with Crippen LogP contribution in [0.3, 0.4) is 0 Å². The number of fused-ring (bicyclic) bond motifs is 1. The number of hydrogen-bond donors (Lipinski definition) is 1. The van der Waals surface area contributed by atoms with Gasteiger partial charge in [-0.3, -0.25) is 9.89 Å². The van der Waals surface area contributed by atoms with Gasteiger partial charge in [-0.25, -0.2) is 0 Å². The van der Waals surface area contributed by atoms with Gasteiger partial charge in [0.05, 0.1) is 13.2 Å². The highest BCUT2D eigenvalue weighted by atomic mass is 127. The van der Waals surface area contributed by atoms with E-state index in [0.717, 1.165) is 51.8 Å². The van der Waals surface area contributed by atoms with E-state index in [0.29, 0.717) is 0 Å². The van der Waals surface area contributed by atoms with E-state index in [9.17, 15) is 0 Å². The fraction of sp³-hybridized carbons (Fsp3) is 0.500. The molecule has 0 amide bonds. The van der Waals surface area contributed by atoms with Crippen LogP contribution in [0, 0.1) is 6.92 Å². The van der Waals surface area contributed by atoms with Gasteiger partial charge in [0.15, 0.2) is 5.96 Å². The molecule has 1 N–H and O–H groups in total. The molecule has 3 heterocycles. The van der Waals surface area contributed by atoms with E-state index in [1.807, 2.05) is 18.4 Å². The third-order valence-corrected chi connectivity index (χ3v) is 6.73. The number of rotatable bonds is 4. The minimum absolute atomic E-state index is 0. The number of aliphatic imine (C=N–C) groups is 1. The monoisotopic (exact) mass is 526 g/mol. The topological polar surface area (TPSA) is 40.1 Å². The van der Waals surface area contributed by atoms with Crippen LogP contribution in [0.15, 0.2) is 40.7 Å². The van der Waals surface area contributed by atoms with Crippen LogP contribution in [0.5, 0.6) is 0 Å². The van der Waals surface area contributed by atoms with Crippen LogP contribution >= 0.6 is 35.3 Å². The van der Waals surface area contributed by atoms with Gasteiger partial charge in [-0.1, -0.05) is 24.3 Å². The molecule has 1 saturated heterocycles. The predicted molar refractivity (Wildman–Crippen MR) is 132 cm³/mol. The second-order valence-corrected chi connectivity index (χ2v) is 8.53. The summed E-state index contributed by atoms with van der Waals surface area (Å²) in [5.41, 5.74) is 4.08. The van der Waals surface area contributed by atoms with E-state index in [2.05, 4.69) is 62.7 Å². The molecule has 5 nitrogen and oxygen atoms in total. The molecule has 1 fully saturated rings. The Labute approximate surface area is 195 Å². The Hall–Kier alpha value is -1.16. The summed E-state index contributed by atoms with van der Waals surface area (Å²) in [6.45, 7) is 8.79. The third-order valence-electron chi connectivity index (χ3n) is 5.71. The van der Waals surface area contributed by atoms with E-state index in [1.54, 1.807) is 4.88 Å². The van der Waals surface area contributed by atoms with Gasteiger partial charge in [0.2, 0.25) is 0 Å². The van der Waals surface area contributed by atoms with Crippen molar-refractivity contribution in [3.63, 3.8) is 0 Å². The summed E-state index contributed by atoms with van der Waals surface area (Å²) < 4.78 is 6.06. The Morgan fingerprint density at radius 1 is 1.28 bits per heavy atom. The summed E-state index contributed by atoms with van der Waals surface area (Å²) in [6, 6.07) is 10.8. The molecule has 158 valence electrons. The van der Waals surface area contributed by atoms with Crippen LogP contribution < -0.4 is 5.32 Å². The molecule has 2 aliphatic heterocycles. The third kappa shape index (κ3) is 5.51. The fourth-order valence-electron chi connectivity index (χ4n) is 4.13. The lowest BCUT2D eigenvalue weighted by atomic mass is 10.0. The summed E-state index contributed by atoms with van der Waals surface area (Å²) in [5, 5.41) is 5.79. The summed E-state index contributed by atoms with van der Waals surface area (Å²) in [5.74, 6) is 0.982. The SMILES string of the molecule is CN=C(NCCN1CCc2sccc2C1)N1CCOC(c2ccccc2C)C1.I. The second kappa shape index (κ2) is 10.7. The average Bonchev–Trinajstić information content (AvgIpc) is 3.19. The molecule has 2 aromatic rings. The highest BCUT2D eigenvalue weighted by Crippen LogP contribution is 2.25. The number of aryl methyl sites for hydroxylation is 1. The van der Waals surface area contributed by atoms with E-state index < -0.39 is 0 Å². The van der Waals surface area contributed by atoms with E-state index in [1.165, 1.54) is 23.1 Å². The van der Waals surface area contributed by atoms with Crippen LogP contribution in [-0.4, -0.2) is 62.1 Å². The van der Waals surface area contributed by atoms with Crippen LogP contribution in [-0.2, 0) is 17.7 Å². The van der Waals surface area contributed by atoms with Crippen molar-refractivity contribution in [2.45, 2.75) is 26.0 Å².